The molecule has 1 unspecified atom stereocenters. The minimum Gasteiger partial charge on any atom is -0.466 e. The molecule has 0 aromatic heterocycles. The fraction of sp³-hybridized carbons (Fsp3) is 0.208. The number of thioether (sulfide) groups is 1. The normalized spacial score (nSPS) is 16.1. The first kappa shape index (κ1) is 25.7. The molecule has 2 N–H and O–H groups in total. The molecule has 7 nitrogen and oxygen atoms in total. The van der Waals surface area contributed by atoms with Crippen LogP contribution in [0.5, 0.6) is 0 Å². The highest BCUT2D eigenvalue weighted by Gasteiger charge is 2.44. The molecule has 1 heterocycles. The molecule has 1 aliphatic heterocycles. The summed E-state index contributed by atoms with van der Waals surface area (Å²) in [5.74, 6) is -3.45. The van der Waals surface area contributed by atoms with Gasteiger partial charge in [0.05, 0.1) is 48.6 Å². The van der Waals surface area contributed by atoms with Gasteiger partial charge < -0.3 is 15.2 Å². The van der Waals surface area contributed by atoms with Crippen LogP contribution in [-0.2, 0) is 25.2 Å². The van der Waals surface area contributed by atoms with Crippen LogP contribution in [0.1, 0.15) is 17.0 Å². The Morgan fingerprint density at radius 1 is 1.09 bits per heavy atom. The van der Waals surface area contributed by atoms with E-state index < -0.39 is 35.3 Å². The second kappa shape index (κ2) is 10.1. The van der Waals surface area contributed by atoms with Crippen LogP contribution in [0.2, 0.25) is 0 Å². The molecule has 11 heteroatoms. The van der Waals surface area contributed by atoms with Crippen molar-refractivity contribution in [1.29, 1.82) is 5.26 Å². The first-order chi connectivity index (χ1) is 16.6. The number of rotatable bonds is 5. The van der Waals surface area contributed by atoms with Gasteiger partial charge in [-0.05, 0) is 30.0 Å². The SMILES string of the molecule is COC(=O)C1=C(C(=O)OC)N(c2cc(C(F)(F)F)ccc2SC)C(N)=C(C#N)C1c1ccccc1. The van der Waals surface area contributed by atoms with Crippen LogP contribution in [0.15, 0.2) is 76.1 Å². The monoisotopic (exact) mass is 503 g/mol. The summed E-state index contributed by atoms with van der Waals surface area (Å²) in [5, 5.41) is 10.0. The molecule has 2 aromatic carbocycles. The van der Waals surface area contributed by atoms with Gasteiger partial charge in [0.25, 0.3) is 0 Å². The number of methoxy groups -OCH3 is 2. The lowest BCUT2D eigenvalue weighted by Gasteiger charge is -2.36. The lowest BCUT2D eigenvalue weighted by Crippen LogP contribution is -2.41. The number of alkyl halides is 3. The van der Waals surface area contributed by atoms with E-state index in [0.717, 1.165) is 43.0 Å². The number of nitrogens with two attached hydrogens (primary N) is 1. The highest BCUT2D eigenvalue weighted by Crippen LogP contribution is 2.46. The number of esters is 2. The van der Waals surface area contributed by atoms with Crippen LogP contribution in [0.3, 0.4) is 0 Å². The molecule has 0 saturated carbocycles. The molecular weight excluding hydrogens is 483 g/mol. The first-order valence-corrected chi connectivity index (χ1v) is 11.2. The molecule has 1 atom stereocenters. The summed E-state index contributed by atoms with van der Waals surface area (Å²) in [5.41, 5.74) is 4.77. The Morgan fingerprint density at radius 2 is 1.71 bits per heavy atom. The second-order valence-corrected chi connectivity index (χ2v) is 8.07. The fourth-order valence-electron chi connectivity index (χ4n) is 3.80. The van der Waals surface area contributed by atoms with Crippen molar-refractivity contribution in [3.8, 4) is 6.07 Å². The maximum atomic E-state index is 13.6. The van der Waals surface area contributed by atoms with E-state index in [1.807, 2.05) is 6.07 Å². The Labute approximate surface area is 203 Å². The standard InChI is InChI=1S/C24H20F3N3O4S/c1-33-22(31)19-18(13-7-5-4-6-8-13)15(12-28)21(29)30(20(19)23(32)34-2)16-11-14(24(25,26)27)9-10-17(16)35-3/h4-11,18H,29H2,1-3H3. The van der Waals surface area contributed by atoms with Crippen molar-refractivity contribution < 1.29 is 32.2 Å². The number of carbonyl (C=O) groups excluding carboxylic acids is 2. The number of anilines is 1. The van der Waals surface area contributed by atoms with E-state index >= 15 is 0 Å². The first-order valence-electron chi connectivity index (χ1n) is 10.0. The third kappa shape index (κ3) is 4.70. The molecule has 0 fully saturated rings. The van der Waals surface area contributed by atoms with E-state index in [-0.39, 0.29) is 22.7 Å². The smallest absolute Gasteiger partial charge is 0.416 e. The van der Waals surface area contributed by atoms with Crippen LogP contribution in [0.25, 0.3) is 0 Å². The van der Waals surface area contributed by atoms with E-state index in [9.17, 15) is 28.0 Å². The molecule has 35 heavy (non-hydrogen) atoms. The second-order valence-electron chi connectivity index (χ2n) is 7.22. The third-order valence-corrected chi connectivity index (χ3v) is 6.14. The summed E-state index contributed by atoms with van der Waals surface area (Å²) in [6.45, 7) is 0. The number of hydrogen-bond donors (Lipinski definition) is 1. The van der Waals surface area contributed by atoms with Gasteiger partial charge in [0, 0.05) is 4.90 Å². The number of carbonyl (C=O) groups is 2. The number of benzene rings is 2. The Hall–Kier alpha value is -3.91. The molecule has 0 aliphatic carbocycles. The van der Waals surface area contributed by atoms with Crippen molar-refractivity contribution in [2.75, 3.05) is 25.4 Å². The van der Waals surface area contributed by atoms with Gasteiger partial charge in [-0.15, -0.1) is 11.8 Å². The van der Waals surface area contributed by atoms with E-state index in [0.29, 0.717) is 10.5 Å². The Kier molecular flexibility index (Phi) is 7.45. The molecule has 0 bridgehead atoms. The Balaban J connectivity index is 2.48. The zero-order valence-corrected chi connectivity index (χ0v) is 19.7. The van der Waals surface area contributed by atoms with Crippen molar-refractivity contribution in [1.82, 2.24) is 0 Å². The van der Waals surface area contributed by atoms with Gasteiger partial charge >= 0.3 is 18.1 Å². The molecule has 0 radical (unpaired) electrons. The van der Waals surface area contributed by atoms with Gasteiger partial charge in [-0.2, -0.15) is 18.4 Å². The summed E-state index contributed by atoms with van der Waals surface area (Å²) >= 11 is 1.09. The Bertz CT molecular complexity index is 1270. The van der Waals surface area contributed by atoms with Crippen molar-refractivity contribution in [3.05, 3.63) is 82.3 Å². The van der Waals surface area contributed by atoms with Crippen molar-refractivity contribution in [2.45, 2.75) is 17.0 Å². The zero-order chi connectivity index (χ0) is 25.9. The third-order valence-electron chi connectivity index (χ3n) is 5.36. The average Bonchev–Trinajstić information content (AvgIpc) is 2.86. The van der Waals surface area contributed by atoms with E-state index in [4.69, 9.17) is 15.2 Å². The molecular formula is C24H20F3N3O4S. The minimum atomic E-state index is -4.70. The van der Waals surface area contributed by atoms with Crippen LogP contribution < -0.4 is 10.6 Å². The van der Waals surface area contributed by atoms with E-state index in [2.05, 4.69) is 0 Å². The molecule has 1 aliphatic rings. The highest BCUT2D eigenvalue weighted by atomic mass is 32.2. The number of hydrogen-bond acceptors (Lipinski definition) is 8. The molecule has 182 valence electrons. The number of halogens is 3. The van der Waals surface area contributed by atoms with Crippen molar-refractivity contribution >= 4 is 29.4 Å². The summed E-state index contributed by atoms with van der Waals surface area (Å²) in [6, 6.07) is 13.2. The van der Waals surface area contributed by atoms with Gasteiger partial charge in [-0.3, -0.25) is 4.90 Å². The number of ether oxygens (including phenoxy) is 2. The predicted molar refractivity (Wildman–Crippen MR) is 123 cm³/mol. The summed E-state index contributed by atoms with van der Waals surface area (Å²) in [4.78, 5) is 27.4. The summed E-state index contributed by atoms with van der Waals surface area (Å²) < 4.78 is 50.6. The molecule has 0 spiro atoms. The van der Waals surface area contributed by atoms with Gasteiger partial charge in [-0.1, -0.05) is 30.3 Å². The maximum absolute atomic E-state index is 13.6. The topological polar surface area (TPSA) is 106 Å². The average molecular weight is 504 g/mol. The van der Waals surface area contributed by atoms with Crippen LogP contribution >= 0.6 is 11.8 Å². The quantitative estimate of drug-likeness (QED) is 0.475. The number of nitrogens with zero attached hydrogens (tertiary/aromatic N) is 2. The van der Waals surface area contributed by atoms with Crippen LogP contribution in [0.4, 0.5) is 18.9 Å². The van der Waals surface area contributed by atoms with Gasteiger partial charge in [0.2, 0.25) is 0 Å². The van der Waals surface area contributed by atoms with Crippen molar-refractivity contribution in [2.24, 2.45) is 5.73 Å². The zero-order valence-electron chi connectivity index (χ0n) is 18.8. The predicted octanol–water partition coefficient (Wildman–Crippen LogP) is 4.33. The number of nitriles is 1. The van der Waals surface area contributed by atoms with Gasteiger partial charge in [0.15, 0.2) is 0 Å². The van der Waals surface area contributed by atoms with Crippen molar-refractivity contribution in [3.63, 3.8) is 0 Å². The van der Waals surface area contributed by atoms with Gasteiger partial charge in [-0.25, -0.2) is 9.59 Å². The highest BCUT2D eigenvalue weighted by molar-refractivity contribution is 7.98. The van der Waals surface area contributed by atoms with E-state index in [1.165, 1.54) is 6.07 Å². The molecule has 3 rings (SSSR count). The lowest BCUT2D eigenvalue weighted by molar-refractivity contribution is -0.139. The summed E-state index contributed by atoms with van der Waals surface area (Å²) in [7, 11) is 2.14. The maximum Gasteiger partial charge on any atom is 0.416 e. The molecule has 0 amide bonds. The number of allylic oxidation sites excluding steroid dienone is 1. The largest absolute Gasteiger partial charge is 0.466 e. The molecule has 0 saturated heterocycles. The summed E-state index contributed by atoms with van der Waals surface area (Å²) in [6.07, 6.45) is -3.08. The Morgan fingerprint density at radius 3 is 2.23 bits per heavy atom. The lowest BCUT2D eigenvalue weighted by atomic mass is 9.81. The van der Waals surface area contributed by atoms with Crippen LogP contribution in [-0.4, -0.2) is 32.4 Å². The van der Waals surface area contributed by atoms with Crippen LogP contribution in [0, 0.1) is 11.3 Å². The van der Waals surface area contributed by atoms with Gasteiger partial charge in [0.1, 0.15) is 11.5 Å². The fourth-order valence-corrected chi connectivity index (χ4v) is 4.37. The minimum absolute atomic E-state index is 0.145. The molecule has 2 aromatic rings. The van der Waals surface area contributed by atoms with E-state index in [1.54, 1.807) is 36.6 Å².